The van der Waals surface area contributed by atoms with Crippen LogP contribution in [0.1, 0.15) is 24.8 Å². The van der Waals surface area contributed by atoms with E-state index in [-0.39, 0.29) is 17.7 Å². The van der Waals surface area contributed by atoms with Crippen LogP contribution in [-0.2, 0) is 16.0 Å². The van der Waals surface area contributed by atoms with E-state index >= 15 is 0 Å². The number of benzene rings is 2. The van der Waals surface area contributed by atoms with E-state index < -0.39 is 0 Å². The zero-order valence-corrected chi connectivity index (χ0v) is 15.3. The summed E-state index contributed by atoms with van der Waals surface area (Å²) in [7, 11) is 1.83. The number of anilines is 1. The lowest BCUT2D eigenvalue weighted by Gasteiger charge is -2.33. The van der Waals surface area contributed by atoms with Crippen LogP contribution < -0.4 is 4.90 Å². The molecule has 0 spiro atoms. The fraction of sp³-hybridized carbons (Fsp3) is 0.364. The summed E-state index contributed by atoms with van der Waals surface area (Å²) in [6.45, 7) is 1.35. The minimum Gasteiger partial charge on any atom is -0.343 e. The van der Waals surface area contributed by atoms with E-state index in [4.69, 9.17) is 0 Å². The van der Waals surface area contributed by atoms with E-state index in [1.807, 2.05) is 60.5 Å². The van der Waals surface area contributed by atoms with Crippen molar-refractivity contribution in [3.05, 3.63) is 66.2 Å². The number of hydrogen-bond acceptors (Lipinski definition) is 2. The third-order valence-corrected chi connectivity index (χ3v) is 5.14. The minimum absolute atomic E-state index is 0.00150. The number of nitrogens with zero attached hydrogens (tertiary/aromatic N) is 2. The first-order valence-electron chi connectivity index (χ1n) is 9.29. The summed E-state index contributed by atoms with van der Waals surface area (Å²) >= 11 is 0. The van der Waals surface area contributed by atoms with Gasteiger partial charge >= 0.3 is 0 Å². The average molecular weight is 350 g/mol. The summed E-state index contributed by atoms with van der Waals surface area (Å²) in [5.41, 5.74) is 2.11. The summed E-state index contributed by atoms with van der Waals surface area (Å²) in [5.74, 6) is 0.335. The van der Waals surface area contributed by atoms with E-state index in [9.17, 15) is 9.59 Å². The van der Waals surface area contributed by atoms with Crippen molar-refractivity contribution < 1.29 is 9.59 Å². The molecule has 1 heterocycles. The van der Waals surface area contributed by atoms with Crippen LogP contribution in [0, 0.1) is 5.92 Å². The lowest BCUT2D eigenvalue weighted by Crippen LogP contribution is -2.43. The lowest BCUT2D eigenvalue weighted by molar-refractivity contribution is -0.134. The van der Waals surface area contributed by atoms with Gasteiger partial charge in [0.2, 0.25) is 11.8 Å². The number of likely N-dealkylation sites (tertiary alicyclic amines) is 1. The molecule has 2 aromatic carbocycles. The van der Waals surface area contributed by atoms with Crippen molar-refractivity contribution in [1.29, 1.82) is 0 Å². The Morgan fingerprint density at radius 2 is 1.54 bits per heavy atom. The van der Waals surface area contributed by atoms with Gasteiger partial charge in [-0.05, 0) is 37.0 Å². The number of hydrogen-bond donors (Lipinski definition) is 0. The quantitative estimate of drug-likeness (QED) is 0.828. The second kappa shape index (κ2) is 8.65. The van der Waals surface area contributed by atoms with Crippen LogP contribution >= 0.6 is 0 Å². The van der Waals surface area contributed by atoms with E-state index in [1.54, 1.807) is 4.90 Å². The van der Waals surface area contributed by atoms with Gasteiger partial charge in [0.15, 0.2) is 0 Å². The van der Waals surface area contributed by atoms with Gasteiger partial charge in [-0.3, -0.25) is 9.59 Å². The van der Waals surface area contributed by atoms with Gasteiger partial charge in [-0.2, -0.15) is 0 Å². The summed E-state index contributed by atoms with van der Waals surface area (Å²) in [5, 5.41) is 0. The fourth-order valence-electron chi connectivity index (χ4n) is 3.48. The number of carbonyl (C=O) groups is 2. The first-order chi connectivity index (χ1) is 12.6. The molecule has 0 saturated carbocycles. The van der Waals surface area contributed by atoms with Crippen LogP contribution in [0.2, 0.25) is 0 Å². The molecule has 136 valence electrons. The molecule has 0 bridgehead atoms. The van der Waals surface area contributed by atoms with Gasteiger partial charge in [0.1, 0.15) is 0 Å². The van der Waals surface area contributed by atoms with Crippen LogP contribution in [0.25, 0.3) is 0 Å². The molecule has 4 nitrogen and oxygen atoms in total. The smallest absolute Gasteiger partial charge is 0.229 e. The number of carbonyl (C=O) groups excluding carboxylic acids is 2. The Kier molecular flexibility index (Phi) is 6.05. The molecule has 2 aromatic rings. The standard InChI is InChI=1S/C22H26N2O2/c1-23(20-10-6-3-7-11-20)22(26)19-14-16-24(17-15-19)21(25)13-12-18-8-4-2-5-9-18/h2-11,19H,12-17H2,1H3. The maximum absolute atomic E-state index is 12.7. The van der Waals surface area contributed by atoms with Crippen molar-refractivity contribution in [3.8, 4) is 0 Å². The molecule has 1 fully saturated rings. The van der Waals surface area contributed by atoms with Crippen molar-refractivity contribution in [2.45, 2.75) is 25.7 Å². The zero-order valence-electron chi connectivity index (χ0n) is 15.3. The van der Waals surface area contributed by atoms with Gasteiger partial charge < -0.3 is 9.80 Å². The highest BCUT2D eigenvalue weighted by Gasteiger charge is 2.29. The maximum atomic E-state index is 12.7. The normalized spacial score (nSPS) is 14.9. The predicted molar refractivity (Wildman–Crippen MR) is 104 cm³/mol. The van der Waals surface area contributed by atoms with Crippen molar-refractivity contribution in [2.24, 2.45) is 5.92 Å². The van der Waals surface area contributed by atoms with E-state index in [0.717, 1.165) is 24.9 Å². The average Bonchev–Trinajstić information content (AvgIpc) is 2.72. The number of piperidine rings is 1. The van der Waals surface area contributed by atoms with Crippen molar-refractivity contribution >= 4 is 17.5 Å². The Hall–Kier alpha value is -2.62. The number of aryl methyl sites for hydroxylation is 1. The Balaban J connectivity index is 1.47. The highest BCUT2D eigenvalue weighted by atomic mass is 16.2. The zero-order chi connectivity index (χ0) is 18.4. The topological polar surface area (TPSA) is 40.6 Å². The molecule has 3 rings (SSSR count). The van der Waals surface area contributed by atoms with Crippen LogP contribution in [0.3, 0.4) is 0 Å². The molecule has 1 saturated heterocycles. The van der Waals surface area contributed by atoms with Gasteiger partial charge in [-0.15, -0.1) is 0 Å². The molecule has 2 amide bonds. The third-order valence-electron chi connectivity index (χ3n) is 5.14. The maximum Gasteiger partial charge on any atom is 0.229 e. The van der Waals surface area contributed by atoms with Gasteiger partial charge in [-0.1, -0.05) is 48.5 Å². The van der Waals surface area contributed by atoms with E-state index in [0.29, 0.717) is 19.5 Å². The van der Waals surface area contributed by atoms with Crippen molar-refractivity contribution in [3.63, 3.8) is 0 Å². The molecule has 0 unspecified atom stereocenters. The monoisotopic (exact) mass is 350 g/mol. The van der Waals surface area contributed by atoms with E-state index in [1.165, 1.54) is 5.56 Å². The second-order valence-corrected chi connectivity index (χ2v) is 6.87. The van der Waals surface area contributed by atoms with Crippen LogP contribution in [0.5, 0.6) is 0 Å². The highest BCUT2D eigenvalue weighted by Crippen LogP contribution is 2.23. The number of amides is 2. The third kappa shape index (κ3) is 4.51. The summed E-state index contributed by atoms with van der Waals surface area (Å²) < 4.78 is 0. The molecule has 1 aliphatic heterocycles. The molecular formula is C22H26N2O2. The Morgan fingerprint density at radius 3 is 2.15 bits per heavy atom. The molecule has 0 radical (unpaired) electrons. The van der Waals surface area contributed by atoms with Crippen molar-refractivity contribution in [1.82, 2.24) is 4.90 Å². The summed E-state index contributed by atoms with van der Waals surface area (Å²) in [6, 6.07) is 19.8. The summed E-state index contributed by atoms with van der Waals surface area (Å²) in [4.78, 5) is 28.8. The van der Waals surface area contributed by atoms with E-state index in [2.05, 4.69) is 12.1 Å². The van der Waals surface area contributed by atoms with Gasteiger partial charge in [0.25, 0.3) is 0 Å². The molecule has 0 aliphatic carbocycles. The predicted octanol–water partition coefficient (Wildman–Crippen LogP) is 3.52. The van der Waals surface area contributed by atoms with Crippen LogP contribution in [0.4, 0.5) is 5.69 Å². The Bertz CT molecular complexity index is 722. The minimum atomic E-state index is -0.00150. The van der Waals surface area contributed by atoms with Gasteiger partial charge in [0, 0.05) is 38.2 Å². The van der Waals surface area contributed by atoms with Gasteiger partial charge in [-0.25, -0.2) is 0 Å². The lowest BCUT2D eigenvalue weighted by atomic mass is 9.94. The Morgan fingerprint density at radius 1 is 0.962 bits per heavy atom. The molecule has 26 heavy (non-hydrogen) atoms. The van der Waals surface area contributed by atoms with Crippen molar-refractivity contribution in [2.75, 3.05) is 25.0 Å². The Labute approximate surface area is 155 Å². The fourth-order valence-corrected chi connectivity index (χ4v) is 3.48. The van der Waals surface area contributed by atoms with Crippen LogP contribution in [0.15, 0.2) is 60.7 Å². The SMILES string of the molecule is CN(C(=O)C1CCN(C(=O)CCc2ccccc2)CC1)c1ccccc1. The molecule has 0 aromatic heterocycles. The summed E-state index contributed by atoms with van der Waals surface area (Å²) in [6.07, 6.45) is 2.79. The second-order valence-electron chi connectivity index (χ2n) is 6.87. The molecular weight excluding hydrogens is 324 g/mol. The first-order valence-corrected chi connectivity index (χ1v) is 9.29. The highest BCUT2D eigenvalue weighted by molar-refractivity contribution is 5.94. The molecule has 4 heteroatoms. The molecule has 1 aliphatic rings. The largest absolute Gasteiger partial charge is 0.343 e. The van der Waals surface area contributed by atoms with Gasteiger partial charge in [0.05, 0.1) is 0 Å². The molecule has 0 atom stereocenters. The van der Waals surface area contributed by atoms with Crippen LogP contribution in [-0.4, -0.2) is 36.9 Å². The number of para-hydroxylation sites is 1. The molecule has 0 N–H and O–H groups in total. The number of rotatable bonds is 5. The first kappa shape index (κ1) is 18.2.